The van der Waals surface area contributed by atoms with Crippen molar-refractivity contribution in [3.63, 3.8) is 0 Å². The maximum absolute atomic E-state index is 11.8. The third-order valence-electron chi connectivity index (χ3n) is 6.66. The second kappa shape index (κ2) is 9.78. The average molecular weight is 460 g/mol. The van der Waals surface area contributed by atoms with Crippen LogP contribution in [0.2, 0.25) is 0 Å². The first kappa shape index (κ1) is 22.3. The van der Waals surface area contributed by atoms with Crippen molar-refractivity contribution in [1.82, 2.24) is 9.88 Å². The van der Waals surface area contributed by atoms with E-state index in [9.17, 15) is 10.1 Å². The SMILES string of the molecule is CCNC(=O)Oc1ccc(-c2c(C#N)c3ccc(OC4CCOCC4)cc3n2C2CCC2)cc1. The lowest BCUT2D eigenvalue weighted by Crippen LogP contribution is -2.26. The number of nitriles is 1. The molecule has 2 heterocycles. The third kappa shape index (κ3) is 4.34. The fourth-order valence-corrected chi connectivity index (χ4v) is 4.74. The molecule has 7 nitrogen and oxygen atoms in total. The smallest absolute Gasteiger partial charge is 0.412 e. The van der Waals surface area contributed by atoms with Crippen LogP contribution >= 0.6 is 0 Å². The second-order valence-electron chi connectivity index (χ2n) is 8.84. The molecule has 1 saturated heterocycles. The third-order valence-corrected chi connectivity index (χ3v) is 6.66. The Morgan fingerprint density at radius 1 is 1.12 bits per heavy atom. The van der Waals surface area contributed by atoms with E-state index in [2.05, 4.69) is 22.0 Å². The van der Waals surface area contributed by atoms with E-state index in [1.54, 1.807) is 12.1 Å². The van der Waals surface area contributed by atoms with Gasteiger partial charge in [-0.1, -0.05) is 0 Å². The number of aromatic nitrogens is 1. The summed E-state index contributed by atoms with van der Waals surface area (Å²) in [5.41, 5.74) is 3.53. The van der Waals surface area contributed by atoms with Crippen LogP contribution in [0.15, 0.2) is 42.5 Å². The molecule has 0 unspecified atom stereocenters. The Morgan fingerprint density at radius 3 is 2.50 bits per heavy atom. The Morgan fingerprint density at radius 2 is 1.85 bits per heavy atom. The fraction of sp³-hybridized carbons (Fsp3) is 0.407. The lowest BCUT2D eigenvalue weighted by atomic mass is 9.92. The quantitative estimate of drug-likeness (QED) is 0.521. The van der Waals surface area contributed by atoms with E-state index in [1.807, 2.05) is 31.2 Å². The summed E-state index contributed by atoms with van der Waals surface area (Å²) in [6.07, 6.45) is 4.82. The number of carbonyl (C=O) groups excluding carboxylic acids is 1. The number of ether oxygens (including phenoxy) is 3. The Labute approximate surface area is 199 Å². The van der Waals surface area contributed by atoms with Gasteiger partial charge in [-0.3, -0.25) is 0 Å². The monoisotopic (exact) mass is 459 g/mol. The Kier molecular flexibility index (Phi) is 6.41. The normalized spacial score (nSPS) is 16.6. The molecule has 1 amide bonds. The van der Waals surface area contributed by atoms with Crippen LogP contribution in [-0.4, -0.2) is 36.5 Å². The minimum Gasteiger partial charge on any atom is -0.490 e. The van der Waals surface area contributed by atoms with Crippen molar-refractivity contribution < 1.29 is 19.0 Å². The summed E-state index contributed by atoms with van der Waals surface area (Å²) in [4.78, 5) is 11.8. The zero-order valence-electron chi connectivity index (χ0n) is 19.4. The molecule has 7 heteroatoms. The summed E-state index contributed by atoms with van der Waals surface area (Å²) in [7, 11) is 0. The number of benzene rings is 2. The maximum Gasteiger partial charge on any atom is 0.412 e. The average Bonchev–Trinajstić information content (AvgIpc) is 3.12. The molecule has 1 saturated carbocycles. The van der Waals surface area contributed by atoms with Crippen LogP contribution in [0.4, 0.5) is 4.79 Å². The highest BCUT2D eigenvalue weighted by Crippen LogP contribution is 2.43. The van der Waals surface area contributed by atoms with E-state index in [4.69, 9.17) is 14.2 Å². The van der Waals surface area contributed by atoms with Crippen molar-refractivity contribution in [1.29, 1.82) is 5.26 Å². The van der Waals surface area contributed by atoms with Crippen LogP contribution in [0.3, 0.4) is 0 Å². The van der Waals surface area contributed by atoms with Gasteiger partial charge in [0, 0.05) is 36.9 Å². The lowest BCUT2D eigenvalue weighted by Gasteiger charge is -2.30. The maximum atomic E-state index is 11.8. The molecule has 1 aliphatic heterocycles. The molecule has 2 aromatic carbocycles. The number of amides is 1. The molecule has 5 rings (SSSR count). The van der Waals surface area contributed by atoms with Crippen molar-refractivity contribution in [2.45, 2.75) is 51.2 Å². The highest BCUT2D eigenvalue weighted by molar-refractivity contribution is 5.95. The van der Waals surface area contributed by atoms with Crippen LogP contribution < -0.4 is 14.8 Å². The molecule has 1 aliphatic carbocycles. The fourth-order valence-electron chi connectivity index (χ4n) is 4.74. The number of nitrogens with zero attached hydrogens (tertiary/aromatic N) is 2. The van der Waals surface area contributed by atoms with Gasteiger partial charge in [-0.05, 0) is 68.1 Å². The summed E-state index contributed by atoms with van der Waals surface area (Å²) in [5, 5.41) is 13.7. The van der Waals surface area contributed by atoms with E-state index in [0.29, 0.717) is 23.9 Å². The minimum absolute atomic E-state index is 0.158. The molecule has 2 fully saturated rings. The summed E-state index contributed by atoms with van der Waals surface area (Å²) in [6.45, 7) is 3.80. The number of nitrogens with one attached hydrogen (secondary N) is 1. The Balaban J connectivity index is 1.54. The van der Waals surface area contributed by atoms with Crippen LogP contribution in [0.1, 0.15) is 50.6 Å². The van der Waals surface area contributed by atoms with E-state index < -0.39 is 6.09 Å². The van der Waals surface area contributed by atoms with E-state index >= 15 is 0 Å². The van der Waals surface area contributed by atoms with Crippen LogP contribution in [0, 0.1) is 11.3 Å². The van der Waals surface area contributed by atoms with Crippen molar-refractivity contribution in [2.24, 2.45) is 0 Å². The highest BCUT2D eigenvalue weighted by atomic mass is 16.6. The van der Waals surface area contributed by atoms with E-state index in [1.165, 1.54) is 6.42 Å². The first-order valence-corrected chi connectivity index (χ1v) is 12.1. The first-order valence-electron chi connectivity index (χ1n) is 12.1. The van der Waals surface area contributed by atoms with Gasteiger partial charge in [0.2, 0.25) is 0 Å². The van der Waals surface area contributed by atoms with Gasteiger partial charge < -0.3 is 24.1 Å². The zero-order chi connectivity index (χ0) is 23.5. The number of hydrogen-bond donors (Lipinski definition) is 1. The van der Waals surface area contributed by atoms with Gasteiger partial charge in [0.05, 0.1) is 30.0 Å². The molecule has 2 aliphatic rings. The molecule has 0 spiro atoms. The number of hydrogen-bond acceptors (Lipinski definition) is 5. The van der Waals surface area contributed by atoms with Crippen molar-refractivity contribution in [2.75, 3.05) is 19.8 Å². The summed E-state index contributed by atoms with van der Waals surface area (Å²) in [6, 6.07) is 16.2. The molecule has 34 heavy (non-hydrogen) atoms. The molecule has 0 radical (unpaired) electrons. The van der Waals surface area contributed by atoms with Gasteiger partial charge in [-0.25, -0.2) is 4.79 Å². The Bertz CT molecular complexity index is 1220. The predicted molar refractivity (Wildman–Crippen MR) is 129 cm³/mol. The molecule has 3 aromatic rings. The zero-order valence-corrected chi connectivity index (χ0v) is 19.4. The second-order valence-corrected chi connectivity index (χ2v) is 8.84. The number of carbonyl (C=O) groups is 1. The van der Waals surface area contributed by atoms with Gasteiger partial charge >= 0.3 is 6.09 Å². The molecular weight excluding hydrogens is 430 g/mol. The van der Waals surface area contributed by atoms with Crippen LogP contribution in [0.5, 0.6) is 11.5 Å². The molecule has 1 aromatic heterocycles. The predicted octanol–water partition coefficient (Wildman–Crippen LogP) is 5.57. The van der Waals surface area contributed by atoms with Gasteiger partial charge in [-0.15, -0.1) is 0 Å². The largest absolute Gasteiger partial charge is 0.490 e. The van der Waals surface area contributed by atoms with Crippen molar-refractivity contribution in [3.8, 4) is 28.8 Å². The summed E-state index contributed by atoms with van der Waals surface area (Å²) < 4.78 is 19.4. The van der Waals surface area contributed by atoms with E-state index in [0.717, 1.165) is 66.8 Å². The highest BCUT2D eigenvalue weighted by Gasteiger charge is 2.28. The Hall–Kier alpha value is -3.50. The van der Waals surface area contributed by atoms with Crippen molar-refractivity contribution >= 4 is 17.0 Å². The summed E-state index contributed by atoms with van der Waals surface area (Å²) >= 11 is 0. The van der Waals surface area contributed by atoms with Gasteiger partial charge in [0.1, 0.15) is 23.7 Å². The standard InChI is InChI=1S/C27H29N3O4/c1-2-29-27(31)34-20-8-6-18(7-9-20)26-24(17-28)23-11-10-22(33-21-12-14-32-15-13-21)16-25(23)30(26)19-4-3-5-19/h6-11,16,19,21H,2-5,12-15H2,1H3,(H,29,31). The van der Waals surface area contributed by atoms with Crippen LogP contribution in [0.25, 0.3) is 22.2 Å². The molecule has 0 atom stereocenters. The summed E-state index contributed by atoms with van der Waals surface area (Å²) in [5.74, 6) is 1.30. The number of rotatable bonds is 6. The lowest BCUT2D eigenvalue weighted by molar-refractivity contribution is 0.0256. The minimum atomic E-state index is -0.478. The molecule has 1 N–H and O–H groups in total. The molecular formula is C27H29N3O4. The van der Waals surface area contributed by atoms with E-state index in [-0.39, 0.29) is 6.10 Å². The van der Waals surface area contributed by atoms with Crippen molar-refractivity contribution in [3.05, 3.63) is 48.0 Å². The van der Waals surface area contributed by atoms with Gasteiger partial charge in [0.25, 0.3) is 0 Å². The number of fused-ring (bicyclic) bond motifs is 1. The first-order chi connectivity index (χ1) is 16.7. The topological polar surface area (TPSA) is 85.5 Å². The van der Waals surface area contributed by atoms with Gasteiger partial charge in [-0.2, -0.15) is 5.26 Å². The van der Waals surface area contributed by atoms with Gasteiger partial charge in [0.15, 0.2) is 0 Å². The van der Waals surface area contributed by atoms with Crippen LogP contribution in [-0.2, 0) is 4.74 Å². The molecule has 0 bridgehead atoms. The molecule has 176 valence electrons.